The topological polar surface area (TPSA) is 63.6 Å². The molecule has 25 heavy (non-hydrogen) atoms. The molecule has 5 heteroatoms. The number of benzene rings is 1. The highest BCUT2D eigenvalue weighted by Gasteiger charge is 2.12. The summed E-state index contributed by atoms with van der Waals surface area (Å²) in [6.07, 6.45) is 4.03. The standard InChI is InChI=1S/C20H20N4O/c1-12-6-7-16-15(14(3)23-18(16)13(12)2)8-10-24-11-22-19-17(20(24)25)5-4-9-21-19/h4-7,9,11,23H,8,10H2,1-3H3. The number of rotatable bonds is 3. The number of hydrogen-bond donors (Lipinski definition) is 1. The molecular formula is C20H20N4O. The van der Waals surface area contributed by atoms with E-state index in [1.54, 1.807) is 29.2 Å². The number of aromatic nitrogens is 4. The van der Waals surface area contributed by atoms with E-state index in [0.29, 0.717) is 17.6 Å². The van der Waals surface area contributed by atoms with E-state index in [-0.39, 0.29) is 5.56 Å². The summed E-state index contributed by atoms with van der Waals surface area (Å²) in [5.74, 6) is 0. The van der Waals surface area contributed by atoms with Gasteiger partial charge in [0, 0.05) is 29.3 Å². The predicted octanol–water partition coefficient (Wildman–Crippen LogP) is 3.44. The third kappa shape index (κ3) is 2.52. The van der Waals surface area contributed by atoms with Gasteiger partial charge in [-0.1, -0.05) is 12.1 Å². The number of pyridine rings is 1. The Hall–Kier alpha value is -2.95. The largest absolute Gasteiger partial charge is 0.358 e. The third-order valence-electron chi connectivity index (χ3n) is 5.03. The molecule has 3 heterocycles. The fourth-order valence-corrected chi connectivity index (χ4v) is 3.41. The quantitative estimate of drug-likeness (QED) is 0.625. The van der Waals surface area contributed by atoms with E-state index in [4.69, 9.17) is 0 Å². The molecule has 0 unspecified atom stereocenters. The van der Waals surface area contributed by atoms with Crippen molar-refractivity contribution in [3.63, 3.8) is 0 Å². The maximum atomic E-state index is 12.6. The predicted molar refractivity (Wildman–Crippen MR) is 100 cm³/mol. The summed E-state index contributed by atoms with van der Waals surface area (Å²) in [5.41, 5.74) is 6.63. The maximum absolute atomic E-state index is 12.6. The molecule has 1 aromatic carbocycles. The highest BCUT2D eigenvalue weighted by Crippen LogP contribution is 2.27. The zero-order valence-electron chi connectivity index (χ0n) is 14.6. The van der Waals surface area contributed by atoms with Gasteiger partial charge >= 0.3 is 0 Å². The van der Waals surface area contributed by atoms with Crippen LogP contribution in [-0.2, 0) is 13.0 Å². The number of nitrogens with one attached hydrogen (secondary N) is 1. The lowest BCUT2D eigenvalue weighted by Gasteiger charge is -2.07. The van der Waals surface area contributed by atoms with Gasteiger partial charge in [0.1, 0.15) is 0 Å². The first-order chi connectivity index (χ1) is 12.1. The van der Waals surface area contributed by atoms with Crippen molar-refractivity contribution in [3.05, 3.63) is 69.5 Å². The molecule has 0 spiro atoms. The van der Waals surface area contributed by atoms with E-state index in [2.05, 4.69) is 47.9 Å². The normalized spacial score (nSPS) is 11.5. The summed E-state index contributed by atoms with van der Waals surface area (Å²) in [5, 5.41) is 1.80. The van der Waals surface area contributed by atoms with Crippen molar-refractivity contribution in [2.45, 2.75) is 33.7 Å². The van der Waals surface area contributed by atoms with Crippen molar-refractivity contribution in [2.75, 3.05) is 0 Å². The summed E-state index contributed by atoms with van der Waals surface area (Å²) in [4.78, 5) is 24.5. The second kappa shape index (κ2) is 5.84. The zero-order valence-corrected chi connectivity index (χ0v) is 14.6. The molecule has 4 aromatic rings. The Kier molecular flexibility index (Phi) is 3.64. The van der Waals surface area contributed by atoms with Crippen LogP contribution < -0.4 is 5.56 Å². The molecule has 0 amide bonds. The lowest BCUT2D eigenvalue weighted by Crippen LogP contribution is -2.22. The van der Waals surface area contributed by atoms with Crippen molar-refractivity contribution in [3.8, 4) is 0 Å². The Labute approximate surface area is 145 Å². The molecule has 0 aliphatic carbocycles. The summed E-state index contributed by atoms with van der Waals surface area (Å²) >= 11 is 0. The minimum Gasteiger partial charge on any atom is -0.358 e. The van der Waals surface area contributed by atoms with Gasteiger partial charge in [-0.05, 0) is 56.0 Å². The van der Waals surface area contributed by atoms with Gasteiger partial charge in [0.05, 0.1) is 11.7 Å². The van der Waals surface area contributed by atoms with Gasteiger partial charge in [0.15, 0.2) is 5.65 Å². The summed E-state index contributed by atoms with van der Waals surface area (Å²) in [6.45, 7) is 6.95. The molecule has 0 aliphatic heterocycles. The molecule has 0 atom stereocenters. The number of hydrogen-bond acceptors (Lipinski definition) is 3. The molecule has 5 nitrogen and oxygen atoms in total. The second-order valence-corrected chi connectivity index (χ2v) is 6.53. The average molecular weight is 332 g/mol. The lowest BCUT2D eigenvalue weighted by atomic mass is 10.0. The lowest BCUT2D eigenvalue weighted by molar-refractivity contribution is 0.662. The summed E-state index contributed by atoms with van der Waals surface area (Å²) in [6, 6.07) is 7.87. The van der Waals surface area contributed by atoms with Crippen molar-refractivity contribution < 1.29 is 0 Å². The molecule has 0 saturated heterocycles. The van der Waals surface area contributed by atoms with Crippen LogP contribution in [0.5, 0.6) is 0 Å². The van der Waals surface area contributed by atoms with E-state index in [1.807, 2.05) is 0 Å². The molecule has 0 saturated carbocycles. The molecule has 0 radical (unpaired) electrons. The monoisotopic (exact) mass is 332 g/mol. The number of aryl methyl sites for hydroxylation is 5. The minimum atomic E-state index is -0.0392. The number of aromatic amines is 1. The van der Waals surface area contributed by atoms with E-state index in [9.17, 15) is 4.79 Å². The van der Waals surface area contributed by atoms with Crippen molar-refractivity contribution >= 4 is 21.9 Å². The van der Waals surface area contributed by atoms with Crippen LogP contribution in [0.25, 0.3) is 21.9 Å². The fourth-order valence-electron chi connectivity index (χ4n) is 3.41. The first-order valence-corrected chi connectivity index (χ1v) is 8.44. The molecule has 126 valence electrons. The average Bonchev–Trinajstić information content (AvgIpc) is 2.94. The first kappa shape index (κ1) is 15.6. The minimum absolute atomic E-state index is 0.0392. The zero-order chi connectivity index (χ0) is 17.6. The molecule has 3 aromatic heterocycles. The van der Waals surface area contributed by atoms with E-state index >= 15 is 0 Å². The highest BCUT2D eigenvalue weighted by molar-refractivity contribution is 5.88. The number of nitrogens with zero attached hydrogens (tertiary/aromatic N) is 3. The van der Waals surface area contributed by atoms with Crippen LogP contribution in [0.1, 0.15) is 22.4 Å². The van der Waals surface area contributed by atoms with E-state index in [1.165, 1.54) is 27.6 Å². The first-order valence-electron chi connectivity index (χ1n) is 8.44. The Bertz CT molecular complexity index is 1150. The van der Waals surface area contributed by atoms with Gasteiger partial charge in [-0.2, -0.15) is 0 Å². The summed E-state index contributed by atoms with van der Waals surface area (Å²) in [7, 11) is 0. The van der Waals surface area contributed by atoms with Crippen molar-refractivity contribution in [2.24, 2.45) is 0 Å². The van der Waals surface area contributed by atoms with Crippen LogP contribution in [0, 0.1) is 20.8 Å². The summed E-state index contributed by atoms with van der Waals surface area (Å²) < 4.78 is 1.67. The fraction of sp³-hybridized carbons (Fsp3) is 0.250. The second-order valence-electron chi connectivity index (χ2n) is 6.53. The van der Waals surface area contributed by atoms with E-state index in [0.717, 1.165) is 12.1 Å². The van der Waals surface area contributed by atoms with Crippen molar-refractivity contribution in [1.29, 1.82) is 0 Å². The smallest absolute Gasteiger partial charge is 0.262 e. The molecule has 0 fully saturated rings. The Morgan fingerprint density at radius 3 is 2.76 bits per heavy atom. The highest BCUT2D eigenvalue weighted by atomic mass is 16.1. The van der Waals surface area contributed by atoms with Gasteiger partial charge in [-0.3, -0.25) is 9.36 Å². The van der Waals surface area contributed by atoms with Crippen LogP contribution in [0.15, 0.2) is 41.6 Å². The molecule has 0 bridgehead atoms. The number of H-pyrrole nitrogens is 1. The SMILES string of the molecule is Cc1ccc2c(CCn3cnc4ncccc4c3=O)c(C)[nH]c2c1C. The van der Waals surface area contributed by atoms with Crippen LogP contribution >= 0.6 is 0 Å². The van der Waals surface area contributed by atoms with E-state index < -0.39 is 0 Å². The third-order valence-corrected chi connectivity index (χ3v) is 5.03. The molecule has 4 rings (SSSR count). The maximum Gasteiger partial charge on any atom is 0.262 e. The van der Waals surface area contributed by atoms with Gasteiger partial charge < -0.3 is 4.98 Å². The van der Waals surface area contributed by atoms with Crippen molar-refractivity contribution in [1.82, 2.24) is 19.5 Å². The Morgan fingerprint density at radius 2 is 1.92 bits per heavy atom. The Morgan fingerprint density at radius 1 is 1.08 bits per heavy atom. The van der Waals surface area contributed by atoms with Gasteiger partial charge in [0.25, 0.3) is 5.56 Å². The van der Waals surface area contributed by atoms with Gasteiger partial charge in [-0.15, -0.1) is 0 Å². The van der Waals surface area contributed by atoms with Crippen LogP contribution in [0.4, 0.5) is 0 Å². The molecular weight excluding hydrogens is 312 g/mol. The molecule has 0 aliphatic rings. The Balaban J connectivity index is 1.72. The van der Waals surface area contributed by atoms with Gasteiger partial charge in [0.2, 0.25) is 0 Å². The van der Waals surface area contributed by atoms with Crippen LogP contribution in [0.3, 0.4) is 0 Å². The van der Waals surface area contributed by atoms with Crippen LogP contribution in [-0.4, -0.2) is 19.5 Å². The van der Waals surface area contributed by atoms with Crippen LogP contribution in [0.2, 0.25) is 0 Å². The number of fused-ring (bicyclic) bond motifs is 2. The van der Waals surface area contributed by atoms with Gasteiger partial charge in [-0.25, -0.2) is 9.97 Å². The molecule has 1 N–H and O–H groups in total.